The van der Waals surface area contributed by atoms with Crippen molar-refractivity contribution in [2.45, 2.75) is 6.92 Å². The quantitative estimate of drug-likeness (QED) is 0.724. The molecule has 0 aromatic heterocycles. The Labute approximate surface area is 81.8 Å². The number of rotatable bonds is 2. The molecule has 4 heteroatoms. The van der Waals surface area contributed by atoms with E-state index in [4.69, 9.17) is 9.57 Å². The Morgan fingerprint density at radius 3 is 3.21 bits per heavy atom. The number of fused-ring (bicyclic) bond motifs is 1. The van der Waals surface area contributed by atoms with Crippen molar-refractivity contribution in [1.82, 2.24) is 0 Å². The summed E-state index contributed by atoms with van der Waals surface area (Å²) in [5.74, 6) is 0.852. The standard InChI is InChI=1S/C10H11NO3/c1-2-14-11-9-6-13-10-5-7(12)3-4-8(9)10/h3-5,12H,2,6H2,1H3/b11-9+. The Morgan fingerprint density at radius 2 is 2.43 bits per heavy atom. The first-order chi connectivity index (χ1) is 6.81. The summed E-state index contributed by atoms with van der Waals surface area (Å²) in [5.41, 5.74) is 1.65. The molecule has 0 unspecified atom stereocenters. The molecule has 0 radical (unpaired) electrons. The van der Waals surface area contributed by atoms with Crippen molar-refractivity contribution in [3.05, 3.63) is 23.8 Å². The lowest BCUT2D eigenvalue weighted by molar-refractivity contribution is 0.158. The SMILES string of the molecule is CCO/N=C1\COc2cc(O)ccc21. The number of oxime groups is 1. The minimum Gasteiger partial charge on any atom is -0.508 e. The van der Waals surface area contributed by atoms with Crippen LogP contribution < -0.4 is 4.74 Å². The van der Waals surface area contributed by atoms with Crippen LogP contribution in [0, 0.1) is 0 Å². The van der Waals surface area contributed by atoms with Gasteiger partial charge in [0.25, 0.3) is 0 Å². The average molecular weight is 193 g/mol. The van der Waals surface area contributed by atoms with E-state index in [1.807, 2.05) is 6.92 Å². The maximum atomic E-state index is 9.21. The zero-order valence-electron chi connectivity index (χ0n) is 7.86. The topological polar surface area (TPSA) is 51.0 Å². The first kappa shape index (κ1) is 8.87. The van der Waals surface area contributed by atoms with Gasteiger partial charge >= 0.3 is 0 Å². The van der Waals surface area contributed by atoms with Crippen molar-refractivity contribution in [1.29, 1.82) is 0 Å². The fourth-order valence-electron chi connectivity index (χ4n) is 1.31. The molecule has 1 aliphatic heterocycles. The molecular weight excluding hydrogens is 182 g/mol. The van der Waals surface area contributed by atoms with Crippen LogP contribution in [0.4, 0.5) is 0 Å². The summed E-state index contributed by atoms with van der Waals surface area (Å²) in [6.45, 7) is 2.81. The maximum Gasteiger partial charge on any atom is 0.134 e. The van der Waals surface area contributed by atoms with Crippen molar-refractivity contribution in [2.24, 2.45) is 5.16 Å². The second-order valence-electron chi connectivity index (χ2n) is 2.92. The molecular formula is C10H11NO3. The van der Waals surface area contributed by atoms with Gasteiger partial charge in [-0.05, 0) is 19.1 Å². The Balaban J connectivity index is 2.31. The molecule has 1 aromatic rings. The summed E-state index contributed by atoms with van der Waals surface area (Å²) in [6.07, 6.45) is 0. The Hall–Kier alpha value is -1.71. The van der Waals surface area contributed by atoms with E-state index in [-0.39, 0.29) is 5.75 Å². The van der Waals surface area contributed by atoms with Gasteiger partial charge in [0.05, 0.1) is 0 Å². The first-order valence-electron chi connectivity index (χ1n) is 4.46. The molecule has 1 aromatic carbocycles. The zero-order valence-corrected chi connectivity index (χ0v) is 7.86. The van der Waals surface area contributed by atoms with Gasteiger partial charge in [0.15, 0.2) is 0 Å². The van der Waals surface area contributed by atoms with E-state index >= 15 is 0 Å². The van der Waals surface area contributed by atoms with Crippen LogP contribution in [-0.2, 0) is 4.84 Å². The van der Waals surface area contributed by atoms with Gasteiger partial charge in [-0.3, -0.25) is 0 Å². The fraction of sp³-hybridized carbons (Fsp3) is 0.300. The van der Waals surface area contributed by atoms with E-state index in [0.717, 1.165) is 11.3 Å². The number of aromatic hydroxyl groups is 1. The maximum absolute atomic E-state index is 9.21. The Bertz CT molecular complexity index is 374. The molecule has 0 amide bonds. The number of phenols is 1. The average Bonchev–Trinajstić information content (AvgIpc) is 2.57. The lowest BCUT2D eigenvalue weighted by Crippen LogP contribution is -2.03. The Morgan fingerprint density at radius 1 is 1.57 bits per heavy atom. The van der Waals surface area contributed by atoms with Crippen LogP contribution in [0.25, 0.3) is 0 Å². The third-order valence-corrected chi connectivity index (χ3v) is 1.94. The smallest absolute Gasteiger partial charge is 0.134 e. The van der Waals surface area contributed by atoms with Gasteiger partial charge in [-0.1, -0.05) is 5.16 Å². The number of hydrogen-bond acceptors (Lipinski definition) is 4. The molecule has 1 aliphatic rings. The van der Waals surface area contributed by atoms with E-state index in [9.17, 15) is 5.11 Å². The summed E-state index contributed by atoms with van der Waals surface area (Å²) >= 11 is 0. The third-order valence-electron chi connectivity index (χ3n) is 1.94. The van der Waals surface area contributed by atoms with Gasteiger partial charge in [-0.2, -0.15) is 0 Å². The van der Waals surface area contributed by atoms with Crippen LogP contribution in [0.3, 0.4) is 0 Å². The highest BCUT2D eigenvalue weighted by Gasteiger charge is 2.20. The summed E-state index contributed by atoms with van der Waals surface area (Å²) in [5, 5.41) is 13.1. The van der Waals surface area contributed by atoms with Gasteiger partial charge in [0, 0.05) is 11.6 Å². The van der Waals surface area contributed by atoms with Crippen LogP contribution in [0.1, 0.15) is 12.5 Å². The largest absolute Gasteiger partial charge is 0.508 e. The minimum atomic E-state index is 0.196. The van der Waals surface area contributed by atoms with Gasteiger partial charge < -0.3 is 14.7 Å². The molecule has 4 nitrogen and oxygen atoms in total. The van der Waals surface area contributed by atoms with E-state index < -0.39 is 0 Å². The minimum absolute atomic E-state index is 0.196. The van der Waals surface area contributed by atoms with Crippen molar-refractivity contribution >= 4 is 5.71 Å². The number of ether oxygens (including phenoxy) is 1. The molecule has 0 spiro atoms. The lowest BCUT2D eigenvalue weighted by Gasteiger charge is -1.97. The second-order valence-corrected chi connectivity index (χ2v) is 2.92. The summed E-state index contributed by atoms with van der Waals surface area (Å²) < 4.78 is 5.32. The van der Waals surface area contributed by atoms with Gasteiger partial charge in [-0.15, -0.1) is 0 Å². The van der Waals surface area contributed by atoms with E-state index in [1.54, 1.807) is 18.2 Å². The molecule has 1 N–H and O–H groups in total. The van der Waals surface area contributed by atoms with Crippen LogP contribution in [-0.4, -0.2) is 24.0 Å². The predicted molar refractivity (Wildman–Crippen MR) is 51.8 cm³/mol. The highest BCUT2D eigenvalue weighted by atomic mass is 16.6. The molecule has 0 bridgehead atoms. The van der Waals surface area contributed by atoms with Gasteiger partial charge in [0.2, 0.25) is 0 Å². The van der Waals surface area contributed by atoms with Crippen molar-refractivity contribution in [2.75, 3.05) is 13.2 Å². The van der Waals surface area contributed by atoms with Crippen LogP contribution in [0.2, 0.25) is 0 Å². The highest BCUT2D eigenvalue weighted by molar-refractivity contribution is 6.06. The normalized spacial score (nSPS) is 16.5. The van der Waals surface area contributed by atoms with Gasteiger partial charge in [-0.25, -0.2) is 0 Å². The summed E-state index contributed by atoms with van der Waals surface area (Å²) in [7, 11) is 0. The summed E-state index contributed by atoms with van der Waals surface area (Å²) in [6, 6.07) is 4.95. The molecule has 0 saturated heterocycles. The number of nitrogens with zero attached hydrogens (tertiary/aromatic N) is 1. The van der Waals surface area contributed by atoms with Crippen LogP contribution in [0.15, 0.2) is 23.4 Å². The molecule has 0 fully saturated rings. The zero-order chi connectivity index (χ0) is 9.97. The van der Waals surface area contributed by atoms with Crippen molar-refractivity contribution in [3.8, 4) is 11.5 Å². The molecule has 1 heterocycles. The van der Waals surface area contributed by atoms with Crippen molar-refractivity contribution < 1.29 is 14.7 Å². The number of hydrogen-bond donors (Lipinski definition) is 1. The summed E-state index contributed by atoms with van der Waals surface area (Å²) in [4.78, 5) is 4.95. The number of benzene rings is 1. The third kappa shape index (κ3) is 1.51. The Kier molecular flexibility index (Phi) is 2.26. The molecule has 0 atom stereocenters. The predicted octanol–water partition coefficient (Wildman–Crippen LogP) is 1.53. The second kappa shape index (κ2) is 3.57. The van der Waals surface area contributed by atoms with Crippen molar-refractivity contribution in [3.63, 3.8) is 0 Å². The molecule has 74 valence electrons. The van der Waals surface area contributed by atoms with Gasteiger partial charge in [0.1, 0.15) is 30.4 Å². The monoisotopic (exact) mass is 193 g/mol. The van der Waals surface area contributed by atoms with E-state index in [1.165, 1.54) is 0 Å². The number of phenolic OH excluding ortho intramolecular Hbond substituents is 1. The molecule has 0 saturated carbocycles. The van der Waals surface area contributed by atoms with E-state index in [2.05, 4.69) is 5.16 Å². The molecule has 14 heavy (non-hydrogen) atoms. The van der Waals surface area contributed by atoms with E-state index in [0.29, 0.717) is 19.0 Å². The fourth-order valence-corrected chi connectivity index (χ4v) is 1.31. The van der Waals surface area contributed by atoms with Crippen LogP contribution >= 0.6 is 0 Å². The highest BCUT2D eigenvalue weighted by Crippen LogP contribution is 2.29. The first-order valence-corrected chi connectivity index (χ1v) is 4.46. The van der Waals surface area contributed by atoms with Crippen LogP contribution in [0.5, 0.6) is 11.5 Å². The lowest BCUT2D eigenvalue weighted by atomic mass is 10.1. The molecule has 2 rings (SSSR count). The molecule has 0 aliphatic carbocycles.